The van der Waals surface area contributed by atoms with E-state index in [2.05, 4.69) is 28.3 Å². The van der Waals surface area contributed by atoms with E-state index >= 15 is 0 Å². The molecule has 1 aromatic carbocycles. The van der Waals surface area contributed by atoms with E-state index in [4.69, 9.17) is 0 Å². The number of benzene rings is 1. The Morgan fingerprint density at radius 1 is 1.26 bits per heavy atom. The van der Waals surface area contributed by atoms with Gasteiger partial charge in [0.25, 0.3) is 0 Å². The van der Waals surface area contributed by atoms with Gasteiger partial charge < -0.3 is 5.32 Å². The van der Waals surface area contributed by atoms with Crippen LogP contribution in [-0.4, -0.2) is 15.9 Å². The van der Waals surface area contributed by atoms with E-state index < -0.39 is 0 Å². The molecule has 1 atom stereocenters. The highest BCUT2D eigenvalue weighted by atomic mass is 32.1. The van der Waals surface area contributed by atoms with Crippen molar-refractivity contribution >= 4 is 33.3 Å². The van der Waals surface area contributed by atoms with Gasteiger partial charge in [0.1, 0.15) is 10.8 Å². The Kier molecular flexibility index (Phi) is 4.67. The highest BCUT2D eigenvalue weighted by molar-refractivity contribution is 7.21. The zero-order valence-electron chi connectivity index (χ0n) is 13.2. The molecule has 4 nitrogen and oxygen atoms in total. The molecule has 0 saturated carbocycles. The lowest BCUT2D eigenvalue weighted by atomic mass is 10.1. The van der Waals surface area contributed by atoms with Crippen LogP contribution >= 0.6 is 11.3 Å². The maximum Gasteiger partial charge on any atom is 0.228 e. The number of carbonyl (C=O) groups is 1. The van der Waals surface area contributed by atoms with Crippen molar-refractivity contribution in [1.29, 1.82) is 0 Å². The lowest BCUT2D eigenvalue weighted by Crippen LogP contribution is -2.20. The Labute approximate surface area is 139 Å². The van der Waals surface area contributed by atoms with Crippen molar-refractivity contribution in [3.05, 3.63) is 42.6 Å². The number of aromatic nitrogens is 2. The van der Waals surface area contributed by atoms with E-state index in [-0.39, 0.29) is 11.8 Å². The number of carbonyl (C=O) groups excluding carboxylic acids is 1. The molecule has 1 unspecified atom stereocenters. The van der Waals surface area contributed by atoms with Crippen LogP contribution in [0.4, 0.5) is 5.82 Å². The van der Waals surface area contributed by atoms with Crippen LogP contribution in [0.5, 0.6) is 0 Å². The van der Waals surface area contributed by atoms with Crippen molar-refractivity contribution in [3.8, 4) is 10.6 Å². The molecule has 1 amide bonds. The highest BCUT2D eigenvalue weighted by Gasteiger charge is 2.12. The first kappa shape index (κ1) is 15.6. The summed E-state index contributed by atoms with van der Waals surface area (Å²) in [7, 11) is 0. The van der Waals surface area contributed by atoms with Crippen molar-refractivity contribution in [2.45, 2.75) is 26.7 Å². The molecule has 0 radical (unpaired) electrons. The lowest BCUT2D eigenvalue weighted by Gasteiger charge is -2.10. The lowest BCUT2D eigenvalue weighted by molar-refractivity contribution is -0.119. The molecular formula is C18H19N3OS. The molecule has 3 rings (SSSR count). The summed E-state index contributed by atoms with van der Waals surface area (Å²) in [5.74, 6) is 0.612. The highest BCUT2D eigenvalue weighted by Crippen LogP contribution is 2.29. The number of pyridine rings is 1. The first-order chi connectivity index (χ1) is 11.2. The smallest absolute Gasteiger partial charge is 0.228 e. The molecule has 5 heteroatoms. The predicted octanol–water partition coefficient (Wildman–Crippen LogP) is 4.73. The topological polar surface area (TPSA) is 54.9 Å². The number of thiazole rings is 1. The second kappa shape index (κ2) is 6.87. The zero-order chi connectivity index (χ0) is 16.2. The van der Waals surface area contributed by atoms with E-state index in [0.29, 0.717) is 5.82 Å². The molecular weight excluding hydrogens is 306 g/mol. The molecule has 2 aromatic heterocycles. The van der Waals surface area contributed by atoms with Crippen molar-refractivity contribution in [2.75, 3.05) is 5.32 Å². The van der Waals surface area contributed by atoms with E-state index in [9.17, 15) is 4.79 Å². The Hall–Kier alpha value is -2.27. The van der Waals surface area contributed by atoms with Crippen molar-refractivity contribution in [1.82, 2.24) is 9.97 Å². The van der Waals surface area contributed by atoms with Crippen LogP contribution < -0.4 is 5.32 Å². The van der Waals surface area contributed by atoms with Crippen LogP contribution in [0.2, 0.25) is 0 Å². The minimum absolute atomic E-state index is 0.00531. The molecule has 1 N–H and O–H groups in total. The standard InChI is InChI=1S/C18H19N3OS/c1-3-6-12(2)17(22)21-16-10-9-13(11-19-16)18-20-14-7-4-5-8-15(14)23-18/h4-5,7-12H,3,6H2,1-2H3,(H,19,21,22). The quantitative estimate of drug-likeness (QED) is 0.737. The second-order valence-corrected chi connectivity index (χ2v) is 6.63. The van der Waals surface area contributed by atoms with Crippen LogP contribution in [0.25, 0.3) is 20.8 Å². The van der Waals surface area contributed by atoms with E-state index in [1.165, 1.54) is 0 Å². The Balaban J connectivity index is 1.75. The fraction of sp³-hybridized carbons (Fsp3) is 0.278. The summed E-state index contributed by atoms with van der Waals surface area (Å²) in [5.41, 5.74) is 1.96. The molecule has 0 aliphatic carbocycles. The molecule has 0 aliphatic heterocycles. The first-order valence-electron chi connectivity index (χ1n) is 7.80. The van der Waals surface area contributed by atoms with Gasteiger partial charge in [-0.25, -0.2) is 9.97 Å². The largest absolute Gasteiger partial charge is 0.310 e. The predicted molar refractivity (Wildman–Crippen MR) is 95.6 cm³/mol. The van der Waals surface area contributed by atoms with Crippen molar-refractivity contribution in [2.24, 2.45) is 5.92 Å². The number of fused-ring (bicyclic) bond motifs is 1. The maximum atomic E-state index is 12.0. The van der Waals surface area contributed by atoms with Gasteiger partial charge in [-0.1, -0.05) is 32.4 Å². The molecule has 118 valence electrons. The fourth-order valence-electron chi connectivity index (χ4n) is 2.40. The summed E-state index contributed by atoms with van der Waals surface area (Å²) in [5, 5.41) is 3.81. The van der Waals surface area contributed by atoms with Gasteiger partial charge in [0.05, 0.1) is 10.2 Å². The average molecular weight is 325 g/mol. The van der Waals surface area contributed by atoms with E-state index in [0.717, 1.165) is 33.6 Å². The van der Waals surface area contributed by atoms with Gasteiger partial charge in [0.2, 0.25) is 5.91 Å². The third-order valence-corrected chi connectivity index (χ3v) is 4.81. The van der Waals surface area contributed by atoms with Gasteiger partial charge in [-0.15, -0.1) is 11.3 Å². The normalized spacial score (nSPS) is 12.3. The number of para-hydroxylation sites is 1. The number of anilines is 1. The van der Waals surface area contributed by atoms with Crippen LogP contribution in [-0.2, 0) is 4.79 Å². The Bertz CT molecular complexity index is 778. The summed E-state index contributed by atoms with van der Waals surface area (Å²) >= 11 is 1.64. The van der Waals surface area contributed by atoms with Crippen molar-refractivity contribution < 1.29 is 4.79 Å². The minimum Gasteiger partial charge on any atom is -0.310 e. The average Bonchev–Trinajstić information content (AvgIpc) is 2.99. The van der Waals surface area contributed by atoms with Gasteiger partial charge in [0, 0.05) is 17.7 Å². The molecule has 0 bridgehead atoms. The first-order valence-corrected chi connectivity index (χ1v) is 8.62. The van der Waals surface area contributed by atoms with Crippen LogP contribution in [0, 0.1) is 5.92 Å². The van der Waals surface area contributed by atoms with Crippen molar-refractivity contribution in [3.63, 3.8) is 0 Å². The Morgan fingerprint density at radius 3 is 2.78 bits per heavy atom. The van der Waals surface area contributed by atoms with Gasteiger partial charge in [-0.3, -0.25) is 4.79 Å². The number of nitrogens with zero attached hydrogens (tertiary/aromatic N) is 2. The second-order valence-electron chi connectivity index (χ2n) is 5.60. The van der Waals surface area contributed by atoms with Crippen LogP contribution in [0.15, 0.2) is 42.6 Å². The summed E-state index contributed by atoms with van der Waals surface area (Å²) in [6.07, 6.45) is 3.64. The minimum atomic E-state index is 0.00531. The summed E-state index contributed by atoms with van der Waals surface area (Å²) in [6, 6.07) is 11.8. The molecule has 23 heavy (non-hydrogen) atoms. The number of amides is 1. The maximum absolute atomic E-state index is 12.0. The SMILES string of the molecule is CCCC(C)C(=O)Nc1ccc(-c2nc3ccccc3s2)cn1. The van der Waals surface area contributed by atoms with Crippen LogP contribution in [0.3, 0.4) is 0 Å². The summed E-state index contributed by atoms with van der Waals surface area (Å²) < 4.78 is 1.16. The van der Waals surface area contributed by atoms with Gasteiger partial charge in [-0.2, -0.15) is 0 Å². The third kappa shape index (κ3) is 3.56. The number of rotatable bonds is 5. The molecule has 0 aliphatic rings. The molecule has 0 saturated heterocycles. The number of hydrogen-bond acceptors (Lipinski definition) is 4. The number of hydrogen-bond donors (Lipinski definition) is 1. The molecule has 0 fully saturated rings. The van der Waals surface area contributed by atoms with Gasteiger partial charge >= 0.3 is 0 Å². The number of nitrogens with one attached hydrogen (secondary N) is 1. The zero-order valence-corrected chi connectivity index (χ0v) is 14.1. The van der Waals surface area contributed by atoms with Gasteiger partial charge in [0.15, 0.2) is 0 Å². The fourth-order valence-corrected chi connectivity index (χ4v) is 3.36. The third-order valence-electron chi connectivity index (χ3n) is 3.72. The Morgan fingerprint density at radius 2 is 2.09 bits per heavy atom. The monoisotopic (exact) mass is 325 g/mol. The summed E-state index contributed by atoms with van der Waals surface area (Å²) in [4.78, 5) is 21.0. The van der Waals surface area contributed by atoms with E-state index in [1.807, 2.05) is 37.3 Å². The summed E-state index contributed by atoms with van der Waals surface area (Å²) in [6.45, 7) is 4.02. The molecule has 3 aromatic rings. The van der Waals surface area contributed by atoms with Gasteiger partial charge in [-0.05, 0) is 30.7 Å². The molecule has 2 heterocycles. The van der Waals surface area contributed by atoms with E-state index in [1.54, 1.807) is 17.5 Å². The molecule has 0 spiro atoms. The van der Waals surface area contributed by atoms with Crippen LogP contribution in [0.1, 0.15) is 26.7 Å².